The number of aliphatic imine (C=N–C) groups is 1. The van der Waals surface area contributed by atoms with Gasteiger partial charge in [0.25, 0.3) is 0 Å². The maximum absolute atomic E-state index is 5.58. The first-order valence-corrected chi connectivity index (χ1v) is 5.24. The van der Waals surface area contributed by atoms with E-state index in [9.17, 15) is 0 Å². The van der Waals surface area contributed by atoms with Gasteiger partial charge in [0, 0.05) is 11.5 Å². The Labute approximate surface area is 92.5 Å². The van der Waals surface area contributed by atoms with Gasteiger partial charge in [0.05, 0.1) is 5.69 Å². The highest BCUT2D eigenvalue weighted by Crippen LogP contribution is 2.23. The molecule has 0 aliphatic heterocycles. The summed E-state index contributed by atoms with van der Waals surface area (Å²) in [6.07, 6.45) is 1.01. The zero-order chi connectivity index (χ0) is 10.6. The first-order valence-electron chi connectivity index (χ1n) is 4.45. The largest absolute Gasteiger partial charge is 0.370 e. The molecule has 0 aromatic heterocycles. The molecule has 1 aromatic carbocycles. The van der Waals surface area contributed by atoms with Gasteiger partial charge in [0.15, 0.2) is 5.96 Å². The zero-order valence-electron chi connectivity index (χ0n) is 8.34. The van der Waals surface area contributed by atoms with Crippen molar-refractivity contribution in [3.8, 4) is 0 Å². The molecule has 0 heterocycles. The third kappa shape index (κ3) is 2.73. The van der Waals surface area contributed by atoms with Gasteiger partial charge in [-0.2, -0.15) is 0 Å². The molecule has 0 saturated heterocycles. The van der Waals surface area contributed by atoms with Gasteiger partial charge in [-0.15, -0.1) is 0 Å². The topological polar surface area (TPSA) is 50.4 Å². The fourth-order valence-electron chi connectivity index (χ4n) is 1.08. The predicted molar refractivity (Wildman–Crippen MR) is 64.7 cm³/mol. The number of anilines is 1. The second-order valence-corrected chi connectivity index (χ2v) is 3.76. The van der Waals surface area contributed by atoms with Crippen molar-refractivity contribution >= 4 is 27.6 Å². The standard InChI is InChI=1S/C10H14BrN3/c1-3-7-4-5-8(11)9(6-7)14-10(12)13-2/h4-6H,3H2,1-2H3,(H3,12,13,14). The van der Waals surface area contributed by atoms with Crippen molar-refractivity contribution in [2.45, 2.75) is 13.3 Å². The Hall–Kier alpha value is -1.03. The minimum atomic E-state index is 0.416. The van der Waals surface area contributed by atoms with Crippen molar-refractivity contribution in [3.63, 3.8) is 0 Å². The van der Waals surface area contributed by atoms with Crippen molar-refractivity contribution in [1.82, 2.24) is 0 Å². The van der Waals surface area contributed by atoms with Gasteiger partial charge in [0.1, 0.15) is 0 Å². The number of hydrogen-bond acceptors (Lipinski definition) is 1. The lowest BCUT2D eigenvalue weighted by Gasteiger charge is -2.08. The third-order valence-electron chi connectivity index (χ3n) is 1.94. The Kier molecular flexibility index (Phi) is 3.95. The van der Waals surface area contributed by atoms with Gasteiger partial charge in [-0.05, 0) is 40.0 Å². The molecular weight excluding hydrogens is 242 g/mol. The molecule has 0 atom stereocenters. The van der Waals surface area contributed by atoms with Crippen LogP contribution >= 0.6 is 15.9 Å². The molecule has 0 aliphatic rings. The molecule has 14 heavy (non-hydrogen) atoms. The van der Waals surface area contributed by atoms with E-state index in [0.29, 0.717) is 5.96 Å². The summed E-state index contributed by atoms with van der Waals surface area (Å²) in [5.41, 5.74) is 7.80. The van der Waals surface area contributed by atoms with Gasteiger partial charge in [-0.25, -0.2) is 0 Å². The van der Waals surface area contributed by atoms with Gasteiger partial charge >= 0.3 is 0 Å². The number of nitrogens with zero attached hydrogens (tertiary/aromatic N) is 1. The molecule has 3 nitrogen and oxygen atoms in total. The normalized spacial score (nSPS) is 11.5. The molecule has 0 aliphatic carbocycles. The van der Waals surface area contributed by atoms with E-state index in [-0.39, 0.29) is 0 Å². The lowest BCUT2D eigenvalue weighted by atomic mass is 10.1. The molecule has 0 saturated carbocycles. The number of nitrogens with two attached hydrogens (primary N) is 1. The van der Waals surface area contributed by atoms with E-state index < -0.39 is 0 Å². The predicted octanol–water partition coefficient (Wildman–Crippen LogP) is 2.37. The number of rotatable bonds is 2. The monoisotopic (exact) mass is 255 g/mol. The summed E-state index contributed by atoms with van der Waals surface area (Å²) in [4.78, 5) is 3.84. The fraction of sp³-hybridized carbons (Fsp3) is 0.300. The summed E-state index contributed by atoms with van der Waals surface area (Å²) < 4.78 is 0.987. The number of guanidine groups is 1. The van der Waals surface area contributed by atoms with Crippen molar-refractivity contribution in [1.29, 1.82) is 0 Å². The van der Waals surface area contributed by atoms with Crippen LogP contribution in [0.15, 0.2) is 27.7 Å². The Morgan fingerprint density at radius 2 is 2.29 bits per heavy atom. The molecule has 0 fully saturated rings. The van der Waals surface area contributed by atoms with E-state index in [1.165, 1.54) is 5.56 Å². The van der Waals surface area contributed by atoms with Gasteiger partial charge in [-0.1, -0.05) is 13.0 Å². The smallest absolute Gasteiger partial charge is 0.192 e. The van der Waals surface area contributed by atoms with Crippen LogP contribution in [0.2, 0.25) is 0 Å². The van der Waals surface area contributed by atoms with Gasteiger partial charge < -0.3 is 11.1 Å². The fourth-order valence-corrected chi connectivity index (χ4v) is 1.43. The summed E-state index contributed by atoms with van der Waals surface area (Å²) in [7, 11) is 1.65. The van der Waals surface area contributed by atoms with E-state index in [2.05, 4.69) is 45.3 Å². The van der Waals surface area contributed by atoms with E-state index in [4.69, 9.17) is 5.73 Å². The van der Waals surface area contributed by atoms with Crippen molar-refractivity contribution in [2.24, 2.45) is 10.7 Å². The summed E-state index contributed by atoms with van der Waals surface area (Å²) in [6, 6.07) is 6.14. The van der Waals surface area contributed by atoms with Crippen molar-refractivity contribution < 1.29 is 0 Å². The minimum Gasteiger partial charge on any atom is -0.370 e. The third-order valence-corrected chi connectivity index (χ3v) is 2.63. The molecule has 0 radical (unpaired) electrons. The Morgan fingerprint density at radius 3 is 2.86 bits per heavy atom. The van der Waals surface area contributed by atoms with E-state index in [1.54, 1.807) is 7.05 Å². The van der Waals surface area contributed by atoms with Crippen LogP contribution < -0.4 is 11.1 Å². The molecule has 3 N–H and O–H groups in total. The maximum atomic E-state index is 5.58. The van der Waals surface area contributed by atoms with Crippen LogP contribution in [0.5, 0.6) is 0 Å². The van der Waals surface area contributed by atoms with Crippen LogP contribution in [0, 0.1) is 0 Å². The van der Waals surface area contributed by atoms with Gasteiger partial charge in [-0.3, -0.25) is 4.99 Å². The van der Waals surface area contributed by atoms with E-state index >= 15 is 0 Å². The second kappa shape index (κ2) is 5.00. The SMILES string of the molecule is CCc1ccc(Br)c(NC(N)=NC)c1. The zero-order valence-corrected chi connectivity index (χ0v) is 9.93. The average Bonchev–Trinajstić information content (AvgIpc) is 2.21. The maximum Gasteiger partial charge on any atom is 0.192 e. The molecule has 0 unspecified atom stereocenters. The van der Waals surface area contributed by atoms with Crippen molar-refractivity contribution in [2.75, 3.05) is 12.4 Å². The molecule has 1 rings (SSSR count). The average molecular weight is 256 g/mol. The van der Waals surface area contributed by atoms with E-state index in [1.807, 2.05) is 6.07 Å². The lowest BCUT2D eigenvalue weighted by Crippen LogP contribution is -2.22. The van der Waals surface area contributed by atoms with Gasteiger partial charge in [0.2, 0.25) is 0 Å². The first-order chi connectivity index (χ1) is 6.67. The number of hydrogen-bond donors (Lipinski definition) is 2. The molecule has 0 spiro atoms. The molecule has 4 heteroatoms. The van der Waals surface area contributed by atoms with Crippen LogP contribution in [0.25, 0.3) is 0 Å². The van der Waals surface area contributed by atoms with Crippen LogP contribution in [-0.4, -0.2) is 13.0 Å². The summed E-state index contributed by atoms with van der Waals surface area (Å²) >= 11 is 3.44. The van der Waals surface area contributed by atoms with Crippen molar-refractivity contribution in [3.05, 3.63) is 28.2 Å². The Morgan fingerprint density at radius 1 is 1.57 bits per heavy atom. The molecule has 1 aromatic rings. The van der Waals surface area contributed by atoms with Crippen LogP contribution in [0.3, 0.4) is 0 Å². The minimum absolute atomic E-state index is 0.416. The molecular formula is C10H14BrN3. The molecule has 76 valence electrons. The molecule has 0 bridgehead atoms. The quantitative estimate of drug-likeness (QED) is 0.630. The van der Waals surface area contributed by atoms with Crippen LogP contribution in [0.4, 0.5) is 5.69 Å². The summed E-state index contributed by atoms with van der Waals surface area (Å²) in [5, 5.41) is 3.02. The highest BCUT2D eigenvalue weighted by Gasteiger charge is 2.01. The van der Waals surface area contributed by atoms with Crippen LogP contribution in [0.1, 0.15) is 12.5 Å². The highest BCUT2D eigenvalue weighted by atomic mass is 79.9. The number of nitrogens with one attached hydrogen (secondary N) is 1. The highest BCUT2D eigenvalue weighted by molar-refractivity contribution is 9.10. The Balaban J connectivity index is 2.95. The first kappa shape index (κ1) is 11.0. The number of aryl methyl sites for hydroxylation is 1. The number of benzene rings is 1. The number of halogens is 1. The van der Waals surface area contributed by atoms with Crippen LogP contribution in [-0.2, 0) is 6.42 Å². The summed E-state index contributed by atoms with van der Waals surface area (Å²) in [5.74, 6) is 0.416. The second-order valence-electron chi connectivity index (χ2n) is 2.90. The Bertz CT molecular complexity index is 347. The lowest BCUT2D eigenvalue weighted by molar-refractivity contribution is 1.14. The molecule has 0 amide bonds. The summed E-state index contributed by atoms with van der Waals surface area (Å²) in [6.45, 7) is 2.12. The van der Waals surface area contributed by atoms with E-state index in [0.717, 1.165) is 16.6 Å².